The fourth-order valence-electron chi connectivity index (χ4n) is 4.17. The molecule has 2 heterocycles. The highest BCUT2D eigenvalue weighted by Crippen LogP contribution is 2.44. The van der Waals surface area contributed by atoms with Crippen LogP contribution in [-0.4, -0.2) is 11.2 Å². The van der Waals surface area contributed by atoms with Crippen molar-refractivity contribution in [1.29, 1.82) is 0 Å². The number of nitrogens with one attached hydrogen (secondary N) is 2. The van der Waals surface area contributed by atoms with Gasteiger partial charge in [0.05, 0.1) is 22.3 Å². The van der Waals surface area contributed by atoms with Crippen LogP contribution in [0.25, 0.3) is 22.0 Å². The van der Waals surface area contributed by atoms with Crippen molar-refractivity contribution in [2.24, 2.45) is 0 Å². The Kier molecular flexibility index (Phi) is 5.81. The maximum atomic E-state index is 14.1. The normalized spacial score (nSPS) is 14.8. The summed E-state index contributed by atoms with van der Waals surface area (Å²) in [6.07, 6.45) is -6.74. The first-order valence-electron chi connectivity index (χ1n) is 9.93. The lowest BCUT2D eigenvalue weighted by Gasteiger charge is -2.19. The van der Waals surface area contributed by atoms with Gasteiger partial charge in [0.25, 0.3) is 0 Å². The van der Waals surface area contributed by atoms with Crippen LogP contribution in [0.3, 0.4) is 0 Å². The molecule has 4 aromatic rings. The largest absolute Gasteiger partial charge is 1.00 e. The van der Waals surface area contributed by atoms with E-state index in [1.165, 1.54) is 0 Å². The highest BCUT2D eigenvalue weighted by Gasteiger charge is 2.40. The monoisotopic (exact) mass is 492 g/mol. The first-order chi connectivity index (χ1) is 15.6. The zero-order chi connectivity index (χ0) is 23.4. The van der Waals surface area contributed by atoms with Crippen LogP contribution in [0.2, 0.25) is 0 Å². The minimum atomic E-state index is -5.00. The number of aromatic nitrogens is 1. The van der Waals surface area contributed by atoms with Gasteiger partial charge in [-0.1, -0.05) is 36.4 Å². The van der Waals surface area contributed by atoms with E-state index >= 15 is 0 Å². The number of fused-ring (bicyclic) bond motifs is 2. The Bertz CT molecular complexity index is 1440. The highest BCUT2D eigenvalue weighted by atomic mass is 35.5. The molecule has 1 aliphatic heterocycles. The molecule has 0 aliphatic carbocycles. The zero-order valence-corrected chi connectivity index (χ0v) is 17.9. The summed E-state index contributed by atoms with van der Waals surface area (Å²) in [7, 11) is 0. The molecule has 0 spiro atoms. The summed E-state index contributed by atoms with van der Waals surface area (Å²) in [5.74, 6) is 0. The van der Waals surface area contributed by atoms with Crippen molar-refractivity contribution in [3.8, 4) is 0 Å². The van der Waals surface area contributed by atoms with Gasteiger partial charge in [0.15, 0.2) is 6.21 Å². The number of allylic oxidation sites excluding steroid dienone is 1. The van der Waals surface area contributed by atoms with E-state index < -0.39 is 23.5 Å². The van der Waals surface area contributed by atoms with E-state index in [0.717, 1.165) is 6.07 Å². The van der Waals surface area contributed by atoms with Gasteiger partial charge < -0.3 is 17.4 Å². The number of rotatable bonds is 2. The first-order valence-corrected chi connectivity index (χ1v) is 9.93. The molecule has 0 unspecified atom stereocenters. The molecule has 0 bridgehead atoms. The third-order valence-corrected chi connectivity index (χ3v) is 5.64. The number of hydrogen-bond acceptors (Lipinski definition) is 0. The van der Waals surface area contributed by atoms with Crippen LogP contribution in [-0.2, 0) is 12.4 Å². The van der Waals surface area contributed by atoms with E-state index in [1.54, 1.807) is 60.9 Å². The van der Waals surface area contributed by atoms with Crippen LogP contribution < -0.4 is 17.4 Å². The number of alkyl halides is 6. The van der Waals surface area contributed by atoms with Crippen LogP contribution in [0.1, 0.15) is 27.8 Å². The van der Waals surface area contributed by atoms with Gasteiger partial charge in [0, 0.05) is 34.3 Å². The van der Waals surface area contributed by atoms with Gasteiger partial charge >= 0.3 is 12.4 Å². The summed E-state index contributed by atoms with van der Waals surface area (Å²) in [4.78, 5) is 6.10. The molecule has 34 heavy (non-hydrogen) atoms. The number of halogens is 7. The van der Waals surface area contributed by atoms with Crippen molar-refractivity contribution in [2.45, 2.75) is 12.4 Å². The predicted octanol–water partition coefficient (Wildman–Crippen LogP) is 2.97. The second-order valence-corrected chi connectivity index (χ2v) is 7.63. The van der Waals surface area contributed by atoms with Crippen LogP contribution in [0.15, 0.2) is 72.9 Å². The Morgan fingerprint density at radius 2 is 1.47 bits per heavy atom. The van der Waals surface area contributed by atoms with Gasteiger partial charge in [-0.2, -0.15) is 26.3 Å². The maximum Gasteiger partial charge on any atom is 0.417 e. The second kappa shape index (κ2) is 8.36. The van der Waals surface area contributed by atoms with Gasteiger partial charge in [0.2, 0.25) is 5.69 Å². The molecule has 2 nitrogen and oxygen atoms in total. The van der Waals surface area contributed by atoms with Gasteiger partial charge in [-0.05, 0) is 29.8 Å². The fraction of sp³-hybridized carbons (Fsp3) is 0.0800. The summed E-state index contributed by atoms with van der Waals surface area (Å²) in [6, 6.07) is 15.9. The van der Waals surface area contributed by atoms with Crippen molar-refractivity contribution in [2.75, 3.05) is 0 Å². The van der Waals surface area contributed by atoms with E-state index in [9.17, 15) is 26.3 Å². The molecular formula is C25H15ClF6N2. The third-order valence-electron chi connectivity index (χ3n) is 5.64. The smallest absolute Gasteiger partial charge is 0.417 e. The summed E-state index contributed by atoms with van der Waals surface area (Å²) < 4.78 is 82.1. The van der Waals surface area contributed by atoms with Gasteiger partial charge in [0.1, 0.15) is 0 Å². The molecule has 1 aliphatic rings. The predicted molar refractivity (Wildman–Crippen MR) is 114 cm³/mol. The number of para-hydroxylation sites is 2. The van der Waals surface area contributed by atoms with E-state index in [2.05, 4.69) is 9.98 Å². The summed E-state index contributed by atoms with van der Waals surface area (Å²) in [6.45, 7) is 0. The molecule has 9 heteroatoms. The number of benzene rings is 3. The van der Waals surface area contributed by atoms with E-state index in [4.69, 9.17) is 0 Å². The summed E-state index contributed by atoms with van der Waals surface area (Å²) in [5, 5.41) is 0.658. The Labute approximate surface area is 196 Å². The van der Waals surface area contributed by atoms with Crippen LogP contribution in [0, 0.1) is 0 Å². The molecule has 174 valence electrons. The third kappa shape index (κ3) is 3.98. The lowest BCUT2D eigenvalue weighted by molar-refractivity contribution is -0.342. The molecule has 0 amide bonds. The number of hydrogen-bond donors (Lipinski definition) is 2. The average molecular weight is 493 g/mol. The number of H-pyrrole nitrogens is 1. The van der Waals surface area contributed by atoms with Crippen molar-refractivity contribution < 1.29 is 43.7 Å². The highest BCUT2D eigenvalue weighted by molar-refractivity contribution is 6.25. The Morgan fingerprint density at radius 3 is 2.21 bits per heavy atom. The first kappa shape index (κ1) is 23.6. The van der Waals surface area contributed by atoms with Crippen molar-refractivity contribution in [3.63, 3.8) is 0 Å². The standard InChI is InChI=1S/C25H14F6N2.ClH/c26-24(27,28)14-9-10-17(20(11-14)25(29,30)31)23(18-12-32-21-7-3-1-5-15(18)21)19-13-33-22-8-4-2-6-16(19)22;/h1-13,32H;1H/b23-19+;. The second-order valence-electron chi connectivity index (χ2n) is 7.63. The molecule has 5 rings (SSSR count). The Balaban J connectivity index is 0.00000274. The van der Waals surface area contributed by atoms with Gasteiger partial charge in [-0.25, -0.2) is 4.99 Å². The van der Waals surface area contributed by atoms with Gasteiger partial charge in [-0.3, -0.25) is 0 Å². The number of aromatic amines is 1. The Morgan fingerprint density at radius 1 is 0.765 bits per heavy atom. The zero-order valence-electron chi connectivity index (χ0n) is 17.2. The molecule has 0 atom stereocenters. The molecule has 2 N–H and O–H groups in total. The molecule has 0 saturated carbocycles. The molecule has 1 aromatic heterocycles. The van der Waals surface area contributed by atoms with E-state index in [-0.39, 0.29) is 29.6 Å². The minimum Gasteiger partial charge on any atom is -1.00 e. The van der Waals surface area contributed by atoms with Crippen molar-refractivity contribution in [1.82, 2.24) is 4.98 Å². The average Bonchev–Trinajstić information content (AvgIpc) is 3.38. The van der Waals surface area contributed by atoms with Crippen molar-refractivity contribution in [3.05, 3.63) is 101 Å². The lowest BCUT2D eigenvalue weighted by Crippen LogP contribution is -3.00. The molecule has 0 fully saturated rings. The van der Waals surface area contributed by atoms with E-state index in [0.29, 0.717) is 39.4 Å². The summed E-state index contributed by atoms with van der Waals surface area (Å²) in [5.41, 5.74) is 0.136. The molecular weight excluding hydrogens is 478 g/mol. The minimum absolute atomic E-state index is 0. The topological polar surface area (TPSA) is 29.8 Å². The molecule has 0 saturated heterocycles. The quantitative estimate of drug-likeness (QED) is 0.403. The SMILES string of the molecule is FC(F)(F)c1ccc(/C(=C2/C=[NH+]c3ccccc32)c2c[nH]c3ccccc23)c(C(F)(F)F)c1.[Cl-]. The molecule has 0 radical (unpaired) electrons. The lowest BCUT2D eigenvalue weighted by atomic mass is 9.86. The van der Waals surface area contributed by atoms with Crippen LogP contribution >= 0.6 is 0 Å². The molecule has 3 aromatic carbocycles. The Hall–Kier alpha value is -3.52. The van der Waals surface area contributed by atoms with Gasteiger partial charge in [-0.15, -0.1) is 0 Å². The fourth-order valence-corrected chi connectivity index (χ4v) is 4.17. The van der Waals surface area contributed by atoms with Crippen LogP contribution in [0.5, 0.6) is 0 Å². The van der Waals surface area contributed by atoms with Crippen molar-refractivity contribution >= 4 is 34.0 Å². The van der Waals surface area contributed by atoms with Crippen LogP contribution in [0.4, 0.5) is 32.0 Å². The van der Waals surface area contributed by atoms with E-state index in [1.807, 2.05) is 0 Å². The maximum absolute atomic E-state index is 14.1. The summed E-state index contributed by atoms with van der Waals surface area (Å²) >= 11 is 0.